The van der Waals surface area contributed by atoms with E-state index in [0.29, 0.717) is 17.4 Å². The van der Waals surface area contributed by atoms with Crippen LogP contribution >= 0.6 is 11.3 Å². The van der Waals surface area contributed by atoms with Crippen LogP contribution in [0, 0.1) is 0 Å². The number of carboxylic acids is 1. The summed E-state index contributed by atoms with van der Waals surface area (Å²) in [7, 11) is 0. The number of aromatic carboxylic acids is 1. The maximum atomic E-state index is 12.1. The quantitative estimate of drug-likeness (QED) is 0.745. The number of hydrogen-bond acceptors (Lipinski definition) is 5. The summed E-state index contributed by atoms with van der Waals surface area (Å²) in [6, 6.07) is 12.8. The van der Waals surface area contributed by atoms with Crippen molar-refractivity contribution in [3.8, 4) is 5.75 Å². The van der Waals surface area contributed by atoms with E-state index in [4.69, 9.17) is 9.84 Å². The van der Waals surface area contributed by atoms with Gasteiger partial charge in [0, 0.05) is 12.3 Å². The molecule has 122 valence electrons. The molecule has 0 radical (unpaired) electrons. The largest absolute Gasteiger partial charge is 0.489 e. The smallest absolute Gasteiger partial charge is 0.347 e. The lowest BCUT2D eigenvalue weighted by Crippen LogP contribution is -2.19. The van der Waals surface area contributed by atoms with Gasteiger partial charge in [-0.3, -0.25) is 4.79 Å². The van der Waals surface area contributed by atoms with E-state index >= 15 is 0 Å². The SMILES string of the molecule is O=C(O)c1cnc(Cn2ccc(OCc3ccccc3)cc2=O)s1. The zero-order chi connectivity index (χ0) is 16.9. The van der Waals surface area contributed by atoms with Gasteiger partial charge in [0.25, 0.3) is 5.56 Å². The van der Waals surface area contributed by atoms with E-state index in [2.05, 4.69) is 4.98 Å². The van der Waals surface area contributed by atoms with Crippen molar-refractivity contribution in [2.24, 2.45) is 0 Å². The van der Waals surface area contributed by atoms with Crippen LogP contribution in [0.5, 0.6) is 5.75 Å². The third-order valence-electron chi connectivity index (χ3n) is 3.29. The molecule has 3 aromatic rings. The van der Waals surface area contributed by atoms with Gasteiger partial charge in [0.2, 0.25) is 0 Å². The first-order chi connectivity index (χ1) is 11.6. The third kappa shape index (κ3) is 3.88. The van der Waals surface area contributed by atoms with Gasteiger partial charge in [0.15, 0.2) is 0 Å². The zero-order valence-corrected chi connectivity index (χ0v) is 13.4. The second-order valence-electron chi connectivity index (χ2n) is 5.03. The van der Waals surface area contributed by atoms with Crippen molar-refractivity contribution in [3.05, 3.63) is 80.7 Å². The molecule has 0 unspecified atom stereocenters. The number of carboxylic acid groups (broad SMARTS) is 1. The number of thiazole rings is 1. The molecule has 1 N–H and O–H groups in total. The second-order valence-corrected chi connectivity index (χ2v) is 6.14. The summed E-state index contributed by atoms with van der Waals surface area (Å²) >= 11 is 1.05. The van der Waals surface area contributed by atoms with E-state index in [0.717, 1.165) is 16.9 Å². The van der Waals surface area contributed by atoms with Crippen molar-refractivity contribution in [2.75, 3.05) is 0 Å². The average Bonchev–Trinajstić information content (AvgIpc) is 3.05. The Morgan fingerprint density at radius 3 is 2.71 bits per heavy atom. The fourth-order valence-corrected chi connectivity index (χ4v) is 2.83. The molecule has 0 saturated heterocycles. The number of carbonyl (C=O) groups is 1. The topological polar surface area (TPSA) is 81.4 Å². The minimum atomic E-state index is -1.02. The van der Waals surface area contributed by atoms with Gasteiger partial charge in [0.05, 0.1) is 12.7 Å². The van der Waals surface area contributed by atoms with Crippen LogP contribution in [0.4, 0.5) is 0 Å². The molecule has 0 bridgehead atoms. The van der Waals surface area contributed by atoms with Crippen molar-refractivity contribution in [2.45, 2.75) is 13.2 Å². The van der Waals surface area contributed by atoms with E-state index in [9.17, 15) is 9.59 Å². The summed E-state index contributed by atoms with van der Waals surface area (Å²) in [6.45, 7) is 0.620. The molecule has 7 heteroatoms. The fraction of sp³-hybridized carbons (Fsp3) is 0.118. The summed E-state index contributed by atoms with van der Waals surface area (Å²) in [5, 5.41) is 9.46. The Kier molecular flexibility index (Phi) is 4.72. The highest BCUT2D eigenvalue weighted by molar-refractivity contribution is 7.13. The number of rotatable bonds is 6. The summed E-state index contributed by atoms with van der Waals surface area (Å²) in [5.74, 6) is -0.527. The van der Waals surface area contributed by atoms with Crippen molar-refractivity contribution in [3.63, 3.8) is 0 Å². The van der Waals surface area contributed by atoms with Crippen LogP contribution < -0.4 is 10.3 Å². The average molecular weight is 342 g/mol. The summed E-state index contributed by atoms with van der Waals surface area (Å²) in [6.07, 6.45) is 2.91. The highest BCUT2D eigenvalue weighted by atomic mass is 32.1. The van der Waals surface area contributed by atoms with Crippen LogP contribution in [0.3, 0.4) is 0 Å². The van der Waals surface area contributed by atoms with Crippen molar-refractivity contribution < 1.29 is 14.6 Å². The Balaban J connectivity index is 1.68. The summed E-state index contributed by atoms with van der Waals surface area (Å²) in [4.78, 5) is 27.2. The molecule has 6 nitrogen and oxygen atoms in total. The molecule has 3 rings (SSSR count). The molecule has 2 aromatic heterocycles. The number of hydrogen-bond donors (Lipinski definition) is 1. The molecule has 0 aliphatic heterocycles. The van der Waals surface area contributed by atoms with E-state index in [1.807, 2.05) is 30.3 Å². The predicted octanol–water partition coefficient (Wildman–Crippen LogP) is 2.63. The van der Waals surface area contributed by atoms with Gasteiger partial charge in [0.1, 0.15) is 22.2 Å². The van der Waals surface area contributed by atoms with Crippen LogP contribution in [0.25, 0.3) is 0 Å². The predicted molar refractivity (Wildman–Crippen MR) is 89.7 cm³/mol. The lowest BCUT2D eigenvalue weighted by atomic mass is 10.2. The maximum Gasteiger partial charge on any atom is 0.347 e. The van der Waals surface area contributed by atoms with Gasteiger partial charge >= 0.3 is 5.97 Å². The van der Waals surface area contributed by atoms with Gasteiger partial charge in [-0.1, -0.05) is 30.3 Å². The Bertz CT molecular complexity index is 902. The fourth-order valence-electron chi connectivity index (χ4n) is 2.08. The van der Waals surface area contributed by atoms with E-state index in [1.165, 1.54) is 16.8 Å². The highest BCUT2D eigenvalue weighted by Crippen LogP contribution is 2.14. The monoisotopic (exact) mass is 342 g/mol. The van der Waals surface area contributed by atoms with Gasteiger partial charge in [-0.2, -0.15) is 0 Å². The summed E-state index contributed by atoms with van der Waals surface area (Å²) < 4.78 is 7.07. The molecule has 0 aliphatic rings. The van der Waals surface area contributed by atoms with Crippen LogP contribution in [0.1, 0.15) is 20.2 Å². The second kappa shape index (κ2) is 7.10. The number of benzene rings is 1. The molecule has 0 atom stereocenters. The lowest BCUT2D eigenvalue weighted by molar-refractivity contribution is 0.0702. The molecule has 2 heterocycles. The van der Waals surface area contributed by atoms with Gasteiger partial charge in [-0.05, 0) is 11.6 Å². The first-order valence-electron chi connectivity index (χ1n) is 7.17. The van der Waals surface area contributed by atoms with Crippen LogP contribution in [-0.2, 0) is 13.2 Å². The van der Waals surface area contributed by atoms with E-state index in [-0.39, 0.29) is 17.0 Å². The molecule has 0 fully saturated rings. The van der Waals surface area contributed by atoms with Crippen molar-refractivity contribution in [1.82, 2.24) is 9.55 Å². The Morgan fingerprint density at radius 2 is 2.04 bits per heavy atom. The minimum absolute atomic E-state index is 0.154. The Morgan fingerprint density at radius 1 is 1.25 bits per heavy atom. The number of ether oxygens (including phenoxy) is 1. The highest BCUT2D eigenvalue weighted by Gasteiger charge is 2.09. The molecule has 0 saturated carbocycles. The Labute approximate surface area is 141 Å². The molecule has 24 heavy (non-hydrogen) atoms. The van der Waals surface area contributed by atoms with Crippen LogP contribution in [-0.4, -0.2) is 20.6 Å². The zero-order valence-electron chi connectivity index (χ0n) is 12.6. The van der Waals surface area contributed by atoms with E-state index < -0.39 is 5.97 Å². The molecular weight excluding hydrogens is 328 g/mol. The minimum Gasteiger partial charge on any atom is -0.489 e. The molecular formula is C17H14N2O4S. The first kappa shape index (κ1) is 15.9. The molecule has 0 spiro atoms. The molecule has 0 aliphatic carbocycles. The van der Waals surface area contributed by atoms with Crippen molar-refractivity contribution in [1.29, 1.82) is 0 Å². The van der Waals surface area contributed by atoms with Crippen LogP contribution in [0.15, 0.2) is 59.7 Å². The number of aromatic nitrogens is 2. The Hall–Kier alpha value is -2.93. The van der Waals surface area contributed by atoms with Gasteiger partial charge in [-0.25, -0.2) is 9.78 Å². The van der Waals surface area contributed by atoms with Crippen molar-refractivity contribution >= 4 is 17.3 Å². The normalized spacial score (nSPS) is 10.5. The lowest BCUT2D eigenvalue weighted by Gasteiger charge is -2.08. The van der Waals surface area contributed by atoms with Gasteiger partial charge < -0.3 is 14.4 Å². The standard InChI is InChI=1S/C17H14N2O4S/c20-16-8-13(23-11-12-4-2-1-3-5-12)6-7-19(16)10-15-18-9-14(24-15)17(21)22/h1-9H,10-11H2,(H,21,22). The van der Waals surface area contributed by atoms with E-state index in [1.54, 1.807) is 12.3 Å². The van der Waals surface area contributed by atoms with Gasteiger partial charge in [-0.15, -0.1) is 11.3 Å². The molecule has 1 aromatic carbocycles. The van der Waals surface area contributed by atoms with Crippen LogP contribution in [0.2, 0.25) is 0 Å². The summed E-state index contributed by atoms with van der Waals surface area (Å²) in [5.41, 5.74) is 0.790. The number of pyridine rings is 1. The molecule has 0 amide bonds. The third-order valence-corrected chi connectivity index (χ3v) is 4.26. The first-order valence-corrected chi connectivity index (χ1v) is 7.99. The maximum absolute atomic E-state index is 12.1. The number of nitrogens with zero attached hydrogens (tertiary/aromatic N) is 2.